The molecule has 3 rings (SSSR count). The van der Waals surface area contributed by atoms with E-state index in [1.165, 1.54) is 10.9 Å². The maximum atomic E-state index is 10.9. The Balaban J connectivity index is 0.000000357. The van der Waals surface area contributed by atoms with Gasteiger partial charge in [-0.2, -0.15) is 5.10 Å². The highest BCUT2D eigenvalue weighted by Crippen LogP contribution is 2.25. The molecule has 6 nitrogen and oxygen atoms in total. The minimum Gasteiger partial charge on any atom is -0.478 e. The van der Waals surface area contributed by atoms with Crippen molar-refractivity contribution < 1.29 is 9.53 Å². The molecular formula is C32H42N4O2. The van der Waals surface area contributed by atoms with E-state index in [0.717, 1.165) is 34.3 Å². The van der Waals surface area contributed by atoms with Crippen molar-refractivity contribution in [3.8, 4) is 5.88 Å². The van der Waals surface area contributed by atoms with Crippen LogP contribution in [0.1, 0.15) is 58.4 Å². The second-order valence-electron chi connectivity index (χ2n) is 7.76. The molecule has 0 fully saturated rings. The van der Waals surface area contributed by atoms with Crippen LogP contribution in [0, 0.1) is 6.92 Å². The number of aryl methyl sites for hydroxylation is 1. The lowest BCUT2D eigenvalue weighted by atomic mass is 10.0. The fourth-order valence-corrected chi connectivity index (χ4v) is 3.45. The van der Waals surface area contributed by atoms with Crippen molar-refractivity contribution in [1.29, 1.82) is 0 Å². The number of carbonyl (C=O) groups is 1. The van der Waals surface area contributed by atoms with Gasteiger partial charge in [0.2, 0.25) is 12.3 Å². The largest absolute Gasteiger partial charge is 0.478 e. The number of pyridine rings is 1. The number of aromatic nitrogens is 3. The molecule has 0 saturated carbocycles. The Labute approximate surface area is 228 Å². The average molecular weight is 515 g/mol. The number of nitrogens with zero attached hydrogens (tertiary/aromatic N) is 3. The molecule has 0 radical (unpaired) electrons. The van der Waals surface area contributed by atoms with Gasteiger partial charge in [0.1, 0.15) is 0 Å². The number of allylic oxidation sites excluding steroid dienone is 8. The van der Waals surface area contributed by atoms with Crippen molar-refractivity contribution in [2.75, 3.05) is 13.2 Å². The third-order valence-corrected chi connectivity index (χ3v) is 5.23. The number of nitrogens with one attached hydrogen (secondary N) is 1. The summed E-state index contributed by atoms with van der Waals surface area (Å²) in [6.07, 6.45) is 16.0. The summed E-state index contributed by atoms with van der Waals surface area (Å²) in [4.78, 5) is 17.2. The molecule has 0 bridgehead atoms. The molecule has 0 unspecified atom stereocenters. The lowest BCUT2D eigenvalue weighted by molar-refractivity contribution is -0.115. The van der Waals surface area contributed by atoms with E-state index in [4.69, 9.17) is 9.72 Å². The molecule has 3 aromatic rings. The van der Waals surface area contributed by atoms with E-state index in [2.05, 4.69) is 35.8 Å². The summed E-state index contributed by atoms with van der Waals surface area (Å²) in [5, 5.41) is 7.95. The molecule has 0 spiro atoms. The number of para-hydroxylation sites is 1. The molecular weight excluding hydrogens is 472 g/mol. The predicted molar refractivity (Wildman–Crippen MR) is 162 cm³/mol. The van der Waals surface area contributed by atoms with Gasteiger partial charge in [0, 0.05) is 23.7 Å². The van der Waals surface area contributed by atoms with Crippen LogP contribution in [0.3, 0.4) is 0 Å². The predicted octanol–water partition coefficient (Wildman–Crippen LogP) is 7.92. The number of benzene rings is 1. The molecule has 0 atom stereocenters. The Bertz CT molecular complexity index is 1270. The summed E-state index contributed by atoms with van der Waals surface area (Å²) in [6.45, 7) is 18.9. The van der Waals surface area contributed by atoms with E-state index in [9.17, 15) is 4.79 Å². The van der Waals surface area contributed by atoms with Crippen LogP contribution in [0.4, 0.5) is 0 Å². The number of hydrogen-bond donors (Lipinski definition) is 1. The molecule has 1 amide bonds. The Kier molecular flexibility index (Phi) is 15.2. The zero-order valence-electron chi connectivity index (χ0n) is 23.9. The maximum Gasteiger partial charge on any atom is 0.217 e. The van der Waals surface area contributed by atoms with Crippen molar-refractivity contribution in [2.45, 2.75) is 48.5 Å². The zero-order valence-corrected chi connectivity index (χ0v) is 23.9. The first-order valence-corrected chi connectivity index (χ1v) is 13.1. The molecule has 202 valence electrons. The Hall–Kier alpha value is -4.19. The molecule has 0 aliphatic carbocycles. The normalized spacial score (nSPS) is 11.6. The van der Waals surface area contributed by atoms with Crippen LogP contribution in [-0.4, -0.2) is 39.6 Å². The van der Waals surface area contributed by atoms with Crippen LogP contribution in [0.5, 0.6) is 5.88 Å². The van der Waals surface area contributed by atoms with Crippen LogP contribution in [0.25, 0.3) is 22.0 Å². The number of amides is 1. The van der Waals surface area contributed by atoms with Gasteiger partial charge in [-0.15, -0.1) is 0 Å². The standard InChI is InChI=1S/C17H17N.C13H19N3O2.C2H6/c1-4-6-9-14(5-2)17-13(3)12-15-10-7-8-11-16(15)18-17;1-4-7-11(9-16(5-2)10-17)12-8-14-15-13(12)18-6-3;1-2/h4-12H,2H2,1,3H3;4,7-10H,5-6H2,1-3H3,(H,14,15);1-2H3/b6-4-,14-9+;7-4-,11-9+;. The molecule has 1 N–H and O–H groups in total. The lowest BCUT2D eigenvalue weighted by Crippen LogP contribution is -2.14. The Morgan fingerprint density at radius 2 is 1.87 bits per heavy atom. The molecule has 0 aliphatic heterocycles. The van der Waals surface area contributed by atoms with E-state index in [1.54, 1.807) is 17.3 Å². The van der Waals surface area contributed by atoms with Gasteiger partial charge in [0.25, 0.3) is 0 Å². The van der Waals surface area contributed by atoms with Gasteiger partial charge in [-0.3, -0.25) is 4.79 Å². The Morgan fingerprint density at radius 1 is 1.13 bits per heavy atom. The first-order chi connectivity index (χ1) is 18.5. The molecule has 38 heavy (non-hydrogen) atoms. The van der Waals surface area contributed by atoms with Crippen molar-refractivity contribution in [3.05, 3.63) is 103 Å². The van der Waals surface area contributed by atoms with Gasteiger partial charge >= 0.3 is 0 Å². The van der Waals surface area contributed by atoms with E-state index in [1.807, 2.05) is 96.2 Å². The number of rotatable bonds is 10. The number of aromatic amines is 1. The van der Waals surface area contributed by atoms with E-state index in [0.29, 0.717) is 19.0 Å². The second-order valence-corrected chi connectivity index (χ2v) is 7.76. The van der Waals surface area contributed by atoms with E-state index >= 15 is 0 Å². The zero-order chi connectivity index (χ0) is 28.3. The third kappa shape index (κ3) is 9.36. The fraction of sp³-hybridized carbons (Fsp3) is 0.281. The van der Waals surface area contributed by atoms with Gasteiger partial charge in [-0.25, -0.2) is 10.1 Å². The average Bonchev–Trinajstić information content (AvgIpc) is 3.41. The monoisotopic (exact) mass is 514 g/mol. The van der Waals surface area contributed by atoms with Crippen molar-refractivity contribution in [2.24, 2.45) is 0 Å². The smallest absolute Gasteiger partial charge is 0.217 e. The summed E-state index contributed by atoms with van der Waals surface area (Å²) >= 11 is 0. The van der Waals surface area contributed by atoms with E-state index in [-0.39, 0.29) is 0 Å². The minimum absolute atomic E-state index is 0.559. The Morgan fingerprint density at radius 3 is 2.47 bits per heavy atom. The van der Waals surface area contributed by atoms with Crippen molar-refractivity contribution >= 4 is 28.5 Å². The third-order valence-electron chi connectivity index (χ3n) is 5.23. The molecule has 2 heterocycles. The number of fused-ring (bicyclic) bond motifs is 1. The van der Waals surface area contributed by atoms with Gasteiger partial charge in [-0.05, 0) is 57.9 Å². The van der Waals surface area contributed by atoms with Crippen molar-refractivity contribution in [3.63, 3.8) is 0 Å². The second kappa shape index (κ2) is 18.1. The SMILES string of the molecule is C/C=C\C(=C/N(C=O)CC)c1cn[nH]c1OCC.C=C/C(=C\C=C/C)c1nc2ccccc2cc1C.CC. The van der Waals surface area contributed by atoms with E-state index < -0.39 is 0 Å². The molecule has 2 aromatic heterocycles. The van der Waals surface area contributed by atoms with Crippen LogP contribution in [0.2, 0.25) is 0 Å². The van der Waals surface area contributed by atoms with Gasteiger partial charge in [-0.1, -0.05) is 75.1 Å². The minimum atomic E-state index is 0.559. The number of hydrogen-bond acceptors (Lipinski definition) is 4. The van der Waals surface area contributed by atoms with Crippen LogP contribution in [0.15, 0.2) is 85.8 Å². The number of ether oxygens (including phenoxy) is 1. The lowest BCUT2D eigenvalue weighted by Gasteiger charge is -2.11. The summed E-state index contributed by atoms with van der Waals surface area (Å²) in [5.74, 6) is 0.615. The molecule has 6 heteroatoms. The molecule has 0 saturated heterocycles. The van der Waals surface area contributed by atoms with Gasteiger partial charge in [0.15, 0.2) is 0 Å². The summed E-state index contributed by atoms with van der Waals surface area (Å²) in [6, 6.07) is 10.3. The van der Waals surface area contributed by atoms with Crippen LogP contribution in [-0.2, 0) is 4.79 Å². The highest BCUT2D eigenvalue weighted by atomic mass is 16.5. The molecule has 1 aromatic carbocycles. The molecule has 0 aliphatic rings. The first kappa shape index (κ1) is 31.8. The fourth-order valence-electron chi connectivity index (χ4n) is 3.45. The summed E-state index contributed by atoms with van der Waals surface area (Å²) in [7, 11) is 0. The van der Waals surface area contributed by atoms with Crippen LogP contribution < -0.4 is 4.74 Å². The highest BCUT2D eigenvalue weighted by molar-refractivity contribution is 5.84. The van der Waals surface area contributed by atoms with Crippen molar-refractivity contribution in [1.82, 2.24) is 20.1 Å². The summed E-state index contributed by atoms with van der Waals surface area (Å²) < 4.78 is 5.45. The quantitative estimate of drug-likeness (QED) is 0.220. The topological polar surface area (TPSA) is 71.1 Å². The number of carbonyl (C=O) groups excluding carboxylic acids is 1. The van der Waals surface area contributed by atoms with Gasteiger partial charge in [0.05, 0.1) is 29.6 Å². The van der Waals surface area contributed by atoms with Crippen LogP contribution >= 0.6 is 0 Å². The maximum absolute atomic E-state index is 10.9. The number of H-pyrrole nitrogens is 1. The van der Waals surface area contributed by atoms with Gasteiger partial charge < -0.3 is 9.64 Å². The first-order valence-electron chi connectivity index (χ1n) is 13.1. The summed E-state index contributed by atoms with van der Waals surface area (Å²) in [5.41, 5.74) is 5.97. The highest BCUT2D eigenvalue weighted by Gasteiger charge is 2.10.